The van der Waals surface area contributed by atoms with Gasteiger partial charge < -0.3 is 21.3 Å². The van der Waals surface area contributed by atoms with Crippen LogP contribution in [0.2, 0.25) is 0 Å². The molecule has 1 unspecified atom stereocenters. The molecule has 0 aliphatic carbocycles. The molecule has 31 heavy (non-hydrogen) atoms. The normalized spacial score (nSPS) is 16.2. The largest absolute Gasteiger partial charge is 0.366 e. The SMILES string of the molecule is Cc1cc(-n2ncc3c2=CNC(NC(=O)NCc2ccc4c(c2)CC(=O)N4)C=3)ccn1. The number of hydrogen-bond donors (Lipinski definition) is 4. The molecule has 0 spiro atoms. The van der Waals surface area contributed by atoms with Gasteiger partial charge >= 0.3 is 6.03 Å². The van der Waals surface area contributed by atoms with Crippen LogP contribution in [0.1, 0.15) is 16.8 Å². The zero-order valence-electron chi connectivity index (χ0n) is 16.8. The van der Waals surface area contributed by atoms with E-state index in [2.05, 4.69) is 31.3 Å². The molecule has 2 aliphatic rings. The van der Waals surface area contributed by atoms with E-state index in [1.807, 2.05) is 54.2 Å². The lowest BCUT2D eigenvalue weighted by molar-refractivity contribution is -0.115. The topological polar surface area (TPSA) is 113 Å². The summed E-state index contributed by atoms with van der Waals surface area (Å²) in [5.74, 6) is -0.00484. The highest BCUT2D eigenvalue weighted by molar-refractivity contribution is 5.99. The number of hydrogen-bond acceptors (Lipinski definition) is 5. The Morgan fingerprint density at radius 3 is 3.06 bits per heavy atom. The minimum Gasteiger partial charge on any atom is -0.366 e. The summed E-state index contributed by atoms with van der Waals surface area (Å²) in [5, 5.41) is 18.0. The molecular weight excluding hydrogens is 394 g/mol. The molecule has 5 rings (SSSR count). The fourth-order valence-corrected chi connectivity index (χ4v) is 3.76. The summed E-state index contributed by atoms with van der Waals surface area (Å²) in [6.07, 6.45) is 7.30. The molecular formula is C22H21N7O2. The van der Waals surface area contributed by atoms with Crippen molar-refractivity contribution in [1.82, 2.24) is 30.7 Å². The van der Waals surface area contributed by atoms with Crippen LogP contribution in [0.25, 0.3) is 18.0 Å². The minimum absolute atomic E-state index is 0.00484. The molecule has 3 amide bonds. The number of nitrogens with one attached hydrogen (secondary N) is 4. The number of carbonyl (C=O) groups is 2. The van der Waals surface area contributed by atoms with Crippen LogP contribution in [0.15, 0.2) is 42.7 Å². The second kappa shape index (κ2) is 7.60. The van der Waals surface area contributed by atoms with E-state index in [9.17, 15) is 9.59 Å². The zero-order chi connectivity index (χ0) is 21.4. The smallest absolute Gasteiger partial charge is 0.316 e. The number of pyridine rings is 1. The Bertz CT molecular complexity index is 1310. The third-order valence-corrected chi connectivity index (χ3v) is 5.24. The third-order valence-electron chi connectivity index (χ3n) is 5.24. The summed E-state index contributed by atoms with van der Waals surface area (Å²) in [6, 6.07) is 9.26. The molecule has 0 radical (unpaired) electrons. The number of aryl methyl sites for hydroxylation is 1. The van der Waals surface area contributed by atoms with Gasteiger partial charge in [-0.1, -0.05) is 12.1 Å². The molecule has 3 aromatic rings. The van der Waals surface area contributed by atoms with Gasteiger partial charge in [-0.05, 0) is 42.3 Å². The van der Waals surface area contributed by atoms with E-state index in [0.717, 1.165) is 38.8 Å². The van der Waals surface area contributed by atoms with Gasteiger partial charge in [0.15, 0.2) is 0 Å². The van der Waals surface area contributed by atoms with Gasteiger partial charge in [0.25, 0.3) is 0 Å². The molecule has 0 saturated heterocycles. The van der Waals surface area contributed by atoms with Gasteiger partial charge in [0.2, 0.25) is 5.91 Å². The third kappa shape index (κ3) is 3.85. The van der Waals surface area contributed by atoms with Crippen molar-refractivity contribution >= 4 is 29.9 Å². The van der Waals surface area contributed by atoms with Crippen LogP contribution < -0.4 is 31.8 Å². The van der Waals surface area contributed by atoms with Gasteiger partial charge in [-0.25, -0.2) is 9.48 Å². The number of benzene rings is 1. The van der Waals surface area contributed by atoms with Crippen LogP contribution in [0, 0.1) is 6.92 Å². The van der Waals surface area contributed by atoms with Crippen LogP contribution in [-0.2, 0) is 17.8 Å². The quantitative estimate of drug-likeness (QED) is 0.480. The van der Waals surface area contributed by atoms with Crippen molar-refractivity contribution < 1.29 is 9.59 Å². The van der Waals surface area contributed by atoms with E-state index in [-0.39, 0.29) is 18.1 Å². The molecule has 1 atom stereocenters. The molecule has 1 aromatic carbocycles. The summed E-state index contributed by atoms with van der Waals surface area (Å²) in [5.41, 5.74) is 4.57. The van der Waals surface area contributed by atoms with Crippen molar-refractivity contribution in [2.75, 3.05) is 5.32 Å². The maximum atomic E-state index is 12.4. The highest BCUT2D eigenvalue weighted by Gasteiger charge is 2.18. The zero-order valence-corrected chi connectivity index (χ0v) is 16.8. The van der Waals surface area contributed by atoms with Crippen molar-refractivity contribution in [3.05, 3.63) is 70.1 Å². The van der Waals surface area contributed by atoms with Gasteiger partial charge in [-0.2, -0.15) is 5.10 Å². The fraction of sp³-hybridized carbons (Fsp3) is 0.182. The molecule has 0 fully saturated rings. The van der Waals surface area contributed by atoms with Crippen LogP contribution in [0.5, 0.6) is 0 Å². The molecule has 4 heterocycles. The maximum absolute atomic E-state index is 12.4. The molecule has 0 saturated carbocycles. The molecule has 0 bridgehead atoms. The monoisotopic (exact) mass is 415 g/mol. The first kappa shape index (κ1) is 18.9. The number of aromatic nitrogens is 3. The molecule has 156 valence electrons. The highest BCUT2D eigenvalue weighted by Crippen LogP contribution is 2.23. The first-order chi connectivity index (χ1) is 15.0. The molecule has 9 nitrogen and oxygen atoms in total. The Hall–Kier alpha value is -4.14. The average Bonchev–Trinajstić information content (AvgIpc) is 3.34. The summed E-state index contributed by atoms with van der Waals surface area (Å²) in [4.78, 5) is 28.0. The van der Waals surface area contributed by atoms with Crippen LogP contribution in [0.3, 0.4) is 0 Å². The number of carbonyl (C=O) groups excluding carboxylic acids is 2. The lowest BCUT2D eigenvalue weighted by Gasteiger charge is -2.18. The van der Waals surface area contributed by atoms with Crippen molar-refractivity contribution in [1.29, 1.82) is 0 Å². The summed E-state index contributed by atoms with van der Waals surface area (Å²) >= 11 is 0. The van der Waals surface area contributed by atoms with E-state index in [1.165, 1.54) is 0 Å². The first-order valence-electron chi connectivity index (χ1n) is 9.96. The van der Waals surface area contributed by atoms with Crippen LogP contribution in [0.4, 0.5) is 10.5 Å². The van der Waals surface area contributed by atoms with E-state index in [1.54, 1.807) is 12.4 Å². The Labute approximate surface area is 177 Å². The Morgan fingerprint density at radius 2 is 2.19 bits per heavy atom. The van der Waals surface area contributed by atoms with E-state index >= 15 is 0 Å². The van der Waals surface area contributed by atoms with Crippen LogP contribution >= 0.6 is 0 Å². The fourth-order valence-electron chi connectivity index (χ4n) is 3.76. The van der Waals surface area contributed by atoms with Gasteiger partial charge in [-0.15, -0.1) is 0 Å². The molecule has 2 aromatic heterocycles. The van der Waals surface area contributed by atoms with E-state index < -0.39 is 0 Å². The molecule has 4 N–H and O–H groups in total. The Kier molecular flexibility index (Phi) is 4.62. The number of fused-ring (bicyclic) bond motifs is 2. The summed E-state index contributed by atoms with van der Waals surface area (Å²) in [6.45, 7) is 2.31. The highest BCUT2D eigenvalue weighted by atomic mass is 16.2. The van der Waals surface area contributed by atoms with Crippen molar-refractivity contribution in [3.8, 4) is 5.69 Å². The van der Waals surface area contributed by atoms with Crippen molar-refractivity contribution in [2.24, 2.45) is 0 Å². The minimum atomic E-state index is -0.355. The predicted octanol–water partition coefficient (Wildman–Crippen LogP) is 0.0175. The Balaban J connectivity index is 1.23. The maximum Gasteiger partial charge on any atom is 0.316 e. The molecule has 2 aliphatic heterocycles. The first-order valence-corrected chi connectivity index (χ1v) is 9.96. The number of urea groups is 1. The second-order valence-corrected chi connectivity index (χ2v) is 7.55. The van der Waals surface area contributed by atoms with Gasteiger partial charge in [0, 0.05) is 35.5 Å². The van der Waals surface area contributed by atoms with Crippen molar-refractivity contribution in [2.45, 2.75) is 26.1 Å². The average molecular weight is 415 g/mol. The van der Waals surface area contributed by atoms with Gasteiger partial charge in [-0.3, -0.25) is 9.78 Å². The summed E-state index contributed by atoms with van der Waals surface area (Å²) < 4.78 is 1.83. The lowest BCUT2D eigenvalue weighted by Crippen LogP contribution is -2.51. The second-order valence-electron chi connectivity index (χ2n) is 7.55. The number of rotatable bonds is 4. The van der Waals surface area contributed by atoms with Gasteiger partial charge in [0.1, 0.15) is 6.17 Å². The van der Waals surface area contributed by atoms with Crippen LogP contribution in [-0.4, -0.2) is 32.9 Å². The predicted molar refractivity (Wildman–Crippen MR) is 115 cm³/mol. The number of amides is 3. The number of anilines is 1. The van der Waals surface area contributed by atoms with E-state index in [4.69, 9.17) is 0 Å². The van der Waals surface area contributed by atoms with E-state index in [0.29, 0.717) is 13.0 Å². The Morgan fingerprint density at radius 1 is 1.29 bits per heavy atom. The van der Waals surface area contributed by atoms with Gasteiger partial charge in [0.05, 0.1) is 23.7 Å². The number of nitrogens with zero attached hydrogens (tertiary/aromatic N) is 3. The van der Waals surface area contributed by atoms with Crippen molar-refractivity contribution in [3.63, 3.8) is 0 Å². The lowest BCUT2D eigenvalue weighted by atomic mass is 10.1. The standard InChI is InChI=1S/C22H21N7O2/c1-13-6-17(4-5-23-13)29-19-12-24-20(8-16(19)11-26-29)28-22(31)25-10-14-2-3-18-15(7-14)9-21(30)27-18/h2-8,11-12,20,24H,9-10H2,1H3,(H,27,30)(H2,25,28,31). The summed E-state index contributed by atoms with van der Waals surface area (Å²) in [7, 11) is 0. The molecule has 9 heteroatoms.